The van der Waals surface area contributed by atoms with Crippen molar-refractivity contribution < 1.29 is 32.3 Å². The van der Waals surface area contributed by atoms with E-state index in [1.54, 1.807) is 0 Å². The number of hydrogen-bond acceptors (Lipinski definition) is 3. The molecule has 168 valence electrons. The molecule has 4 aromatic carbocycles. The Labute approximate surface area is 190 Å². The molecule has 3 nitrogen and oxygen atoms in total. The average Bonchev–Trinajstić information content (AvgIpc) is 2.84. The van der Waals surface area contributed by atoms with Crippen LogP contribution in [0.4, 0.5) is 17.6 Å². The number of hydrogen-bond donors (Lipinski definition) is 2. The van der Waals surface area contributed by atoms with E-state index >= 15 is 0 Å². The van der Waals surface area contributed by atoms with E-state index in [0.717, 1.165) is 0 Å². The van der Waals surface area contributed by atoms with Crippen LogP contribution in [0.5, 0.6) is 5.75 Å². The molecule has 9 heteroatoms. The van der Waals surface area contributed by atoms with Crippen molar-refractivity contribution in [2.45, 2.75) is 0 Å². The van der Waals surface area contributed by atoms with Gasteiger partial charge in [0, 0.05) is 6.07 Å². The van der Waals surface area contributed by atoms with E-state index in [-0.39, 0.29) is 6.07 Å². The Hall–Kier alpha value is -3.40. The van der Waals surface area contributed by atoms with E-state index in [0.29, 0.717) is 0 Å². The maximum absolute atomic E-state index is 12.7. The Bertz CT molecular complexity index is 1070. The molecule has 0 unspecified atom stereocenters. The molecule has 0 fully saturated rings. The number of benzene rings is 4. The first-order valence-corrected chi connectivity index (χ1v) is 11.6. The molecule has 0 atom stereocenters. The third-order valence-corrected chi connectivity index (χ3v) is 7.86. The fraction of sp³-hybridized carbons (Fsp3) is 0. The summed E-state index contributed by atoms with van der Waals surface area (Å²) in [5, 5.41) is 20.8. The lowest BCUT2D eigenvalue weighted by molar-refractivity contribution is 0.276. The summed E-state index contributed by atoms with van der Waals surface area (Å²) in [6.45, 7) is 0. The van der Waals surface area contributed by atoms with E-state index in [9.17, 15) is 17.6 Å². The van der Waals surface area contributed by atoms with Crippen molar-refractivity contribution in [3.63, 3.8) is 0 Å². The van der Waals surface area contributed by atoms with Gasteiger partial charge in [-0.05, 0) is 0 Å². The van der Waals surface area contributed by atoms with Gasteiger partial charge in [0.2, 0.25) is 11.6 Å². The summed E-state index contributed by atoms with van der Waals surface area (Å²) in [4.78, 5) is 0. The van der Waals surface area contributed by atoms with Crippen LogP contribution in [0.15, 0.2) is 97.1 Å². The van der Waals surface area contributed by atoms with Crippen molar-refractivity contribution in [3.05, 3.63) is 120 Å². The van der Waals surface area contributed by atoms with Crippen LogP contribution >= 0.6 is 0 Å². The zero-order chi connectivity index (χ0) is 23.8. The number of halogens is 4. The molecule has 0 aliphatic carbocycles. The summed E-state index contributed by atoms with van der Waals surface area (Å²) >= 11 is 0. The summed E-state index contributed by atoms with van der Waals surface area (Å²) in [5.74, 6) is -8.74. The normalized spacial score (nSPS) is 10.4. The fourth-order valence-electron chi connectivity index (χ4n) is 3.26. The maximum atomic E-state index is 12.7. The van der Waals surface area contributed by atoms with E-state index in [4.69, 9.17) is 10.0 Å². The zero-order valence-corrected chi connectivity index (χ0v) is 18.4. The van der Waals surface area contributed by atoms with Crippen LogP contribution in [0.2, 0.25) is 0 Å². The van der Waals surface area contributed by atoms with Crippen molar-refractivity contribution >= 4 is 31.7 Å². The monoisotopic (exact) mass is 470 g/mol. The van der Waals surface area contributed by atoms with Crippen LogP contribution < -0.4 is 20.2 Å². The second-order valence-electron chi connectivity index (χ2n) is 6.91. The van der Waals surface area contributed by atoms with Gasteiger partial charge in [0.1, 0.15) is 14.5 Å². The zero-order valence-electron chi connectivity index (χ0n) is 17.2. The van der Waals surface area contributed by atoms with Crippen molar-refractivity contribution in [2.75, 3.05) is 0 Å². The van der Waals surface area contributed by atoms with E-state index < -0.39 is 45.1 Å². The molecule has 4 aromatic rings. The molecule has 0 bridgehead atoms. The molecule has 4 rings (SSSR count). The summed E-state index contributed by atoms with van der Waals surface area (Å²) in [7, 11) is -3.76. The first kappa shape index (κ1) is 24.2. The molecule has 0 aliphatic rings. The molecule has 0 aliphatic heterocycles. The molecule has 0 saturated carbocycles. The van der Waals surface area contributed by atoms with Crippen LogP contribution in [0.3, 0.4) is 0 Å². The molecule has 0 saturated heterocycles. The first-order chi connectivity index (χ1) is 15.9. The quantitative estimate of drug-likeness (QED) is 0.155. The van der Waals surface area contributed by atoms with Crippen molar-refractivity contribution in [1.29, 1.82) is 0 Å². The van der Waals surface area contributed by atoms with E-state index in [1.165, 1.54) is 15.6 Å². The second kappa shape index (κ2) is 11.5. The van der Waals surface area contributed by atoms with Crippen LogP contribution in [-0.4, -0.2) is 26.2 Å². The largest absolute Gasteiger partial charge is 0.707 e. The minimum Gasteiger partial charge on any atom is -0.509 e. The first-order valence-electron chi connectivity index (χ1n) is 9.89. The van der Waals surface area contributed by atoms with Gasteiger partial charge < -0.3 is 14.7 Å². The molecule has 0 aromatic heterocycles. The Morgan fingerprint density at radius 3 is 1.33 bits per heavy atom. The van der Waals surface area contributed by atoms with Gasteiger partial charge in [0.25, 0.3) is 0 Å². The molecule has 2 N–H and O–H groups in total. The minimum absolute atomic E-state index is 0.160. The van der Waals surface area contributed by atoms with Gasteiger partial charge in [-0.15, -0.1) is 0 Å². The van der Waals surface area contributed by atoms with Crippen LogP contribution in [0, 0.1) is 23.3 Å². The van der Waals surface area contributed by atoms with Crippen molar-refractivity contribution in [3.8, 4) is 5.75 Å². The highest BCUT2D eigenvalue weighted by Gasteiger charge is 2.23. The molecule has 0 radical (unpaired) electrons. The average molecular weight is 470 g/mol. The van der Waals surface area contributed by atoms with Crippen LogP contribution in [-0.2, 0) is 0 Å². The highest BCUT2D eigenvalue weighted by atomic mass is 28.3. The van der Waals surface area contributed by atoms with Gasteiger partial charge in [0.05, 0.1) is 0 Å². The van der Waals surface area contributed by atoms with Crippen molar-refractivity contribution in [1.82, 2.24) is 0 Å². The molecule has 0 heterocycles. The Balaban J connectivity index is 0.000000196. The van der Waals surface area contributed by atoms with Gasteiger partial charge in [0.15, 0.2) is 11.6 Å². The fourth-order valence-corrected chi connectivity index (χ4v) is 6.24. The van der Waals surface area contributed by atoms with Crippen LogP contribution in [0.25, 0.3) is 0 Å². The standard InChI is InChI=1S/C18H16Si.C6H3BF4O3/c1-4-10-16(11-5-1)19(17-12-6-2-7-13-17)18-14-8-3-9-15-18;8-2-1-3(14-7(12)13)5(10)6(11)4(2)9/h1-15,19H;1,12-13H. The molecular formula is C24H19BF4O3Si. The number of rotatable bonds is 5. The van der Waals surface area contributed by atoms with Gasteiger partial charge >= 0.3 is 7.32 Å². The lowest BCUT2D eigenvalue weighted by atomic mass is 10.2. The Kier molecular flexibility index (Phi) is 8.42. The lowest BCUT2D eigenvalue weighted by Gasteiger charge is -2.16. The van der Waals surface area contributed by atoms with E-state index in [1.807, 2.05) is 0 Å². The van der Waals surface area contributed by atoms with Crippen molar-refractivity contribution in [2.24, 2.45) is 0 Å². The summed E-state index contributed by atoms with van der Waals surface area (Å²) in [6.07, 6.45) is 0. The topological polar surface area (TPSA) is 49.7 Å². The second-order valence-corrected chi connectivity index (χ2v) is 9.77. The predicted molar refractivity (Wildman–Crippen MR) is 122 cm³/mol. The molecular weight excluding hydrogens is 451 g/mol. The highest BCUT2D eigenvalue weighted by molar-refractivity contribution is 6.95. The van der Waals surface area contributed by atoms with Gasteiger partial charge in [-0.3, -0.25) is 0 Å². The summed E-state index contributed by atoms with van der Waals surface area (Å²) in [6, 6.07) is 32.8. The molecule has 33 heavy (non-hydrogen) atoms. The van der Waals surface area contributed by atoms with Gasteiger partial charge in [-0.1, -0.05) is 107 Å². The third-order valence-electron chi connectivity index (χ3n) is 4.70. The highest BCUT2D eigenvalue weighted by Crippen LogP contribution is 2.24. The molecule has 0 amide bonds. The minimum atomic E-state index is -2.45. The van der Waals surface area contributed by atoms with Crippen LogP contribution in [0.1, 0.15) is 0 Å². The lowest BCUT2D eigenvalue weighted by Crippen LogP contribution is -2.51. The SMILES string of the molecule is OB(O)Oc1cc(F)c(F)c(F)c1F.c1ccc([SiH](c2ccccc2)c2ccccc2)cc1. The van der Waals surface area contributed by atoms with Gasteiger partial charge in [-0.2, -0.15) is 4.39 Å². The summed E-state index contributed by atoms with van der Waals surface area (Å²) in [5.41, 5.74) is 0. The third kappa shape index (κ3) is 6.32. The smallest absolute Gasteiger partial charge is 0.509 e. The molecule has 0 spiro atoms. The van der Waals surface area contributed by atoms with Gasteiger partial charge in [-0.25, -0.2) is 13.2 Å². The predicted octanol–water partition coefficient (Wildman–Crippen LogP) is 2.53. The Morgan fingerprint density at radius 1 is 0.576 bits per heavy atom. The summed E-state index contributed by atoms with van der Waals surface area (Å²) < 4.78 is 53.8. The maximum Gasteiger partial charge on any atom is 0.707 e. The van der Waals surface area contributed by atoms with E-state index in [2.05, 4.69) is 95.6 Å². The Morgan fingerprint density at radius 2 is 0.970 bits per heavy atom.